The number of likely N-dealkylation sites (N-methyl/N-ethyl adjacent to an activating group) is 1. The van der Waals surface area contributed by atoms with Gasteiger partial charge in [-0.2, -0.15) is 0 Å². The van der Waals surface area contributed by atoms with Gasteiger partial charge in [0, 0.05) is 11.0 Å². The maximum absolute atomic E-state index is 12.2. The Morgan fingerprint density at radius 2 is 1.68 bits per heavy atom. The molecule has 28 heavy (non-hydrogen) atoms. The topological polar surface area (TPSA) is 105 Å². The van der Waals surface area contributed by atoms with Crippen LogP contribution in [-0.4, -0.2) is 48.0 Å². The second-order valence-electron chi connectivity index (χ2n) is 6.25. The molecule has 2 N–H and O–H groups in total. The highest BCUT2D eigenvalue weighted by atomic mass is 32.2. The summed E-state index contributed by atoms with van der Waals surface area (Å²) >= 11 is 1.53. The van der Waals surface area contributed by atoms with Crippen LogP contribution in [0.1, 0.15) is 5.56 Å². The number of hydrogen-bond donors (Lipinski definition) is 2. The van der Waals surface area contributed by atoms with E-state index >= 15 is 0 Å². The quantitative estimate of drug-likeness (QED) is 0.399. The van der Waals surface area contributed by atoms with E-state index in [0.717, 1.165) is 10.5 Å². The normalized spacial score (nSPS) is 10.6. The molecule has 0 heterocycles. The predicted octanol–water partition coefficient (Wildman–Crippen LogP) is 3.13. The summed E-state index contributed by atoms with van der Waals surface area (Å²) in [5.41, 5.74) is 1.41. The zero-order chi connectivity index (χ0) is 20.7. The van der Waals surface area contributed by atoms with Crippen LogP contribution in [0, 0.1) is 17.0 Å². The van der Waals surface area contributed by atoms with Crippen LogP contribution >= 0.6 is 11.8 Å². The summed E-state index contributed by atoms with van der Waals surface area (Å²) in [6, 6.07) is 12.0. The SMILES string of the molecule is CSc1ccccc1NC(=O)CN(C)CC(=O)Nc1ccc(C)cc1[N+](=O)[O-]. The van der Waals surface area contributed by atoms with Gasteiger partial charge in [0.25, 0.3) is 5.69 Å². The van der Waals surface area contributed by atoms with E-state index in [0.29, 0.717) is 5.69 Å². The Kier molecular flexibility index (Phi) is 7.53. The first-order valence-corrected chi connectivity index (χ1v) is 9.69. The first kappa shape index (κ1) is 21.4. The van der Waals surface area contributed by atoms with Crippen LogP contribution in [0.25, 0.3) is 0 Å². The second kappa shape index (κ2) is 9.86. The molecule has 2 amide bonds. The fourth-order valence-electron chi connectivity index (χ4n) is 2.57. The molecule has 0 aliphatic heterocycles. The first-order valence-electron chi connectivity index (χ1n) is 8.46. The van der Waals surface area contributed by atoms with Gasteiger partial charge in [-0.25, -0.2) is 0 Å². The largest absolute Gasteiger partial charge is 0.324 e. The molecule has 0 saturated heterocycles. The van der Waals surface area contributed by atoms with Crippen LogP contribution in [0.15, 0.2) is 47.4 Å². The molecular weight excluding hydrogens is 380 g/mol. The zero-order valence-corrected chi connectivity index (χ0v) is 16.7. The Labute approximate surface area is 167 Å². The van der Waals surface area contributed by atoms with Crippen molar-refractivity contribution < 1.29 is 14.5 Å². The summed E-state index contributed by atoms with van der Waals surface area (Å²) in [6.07, 6.45) is 1.92. The standard InChI is InChI=1S/C19H22N4O4S/c1-13-8-9-14(16(10-13)23(26)27)20-18(24)11-22(2)12-19(25)21-15-6-4-5-7-17(15)28-3/h4-10H,11-12H2,1-3H3,(H,20,24)(H,21,25). The molecule has 2 rings (SSSR count). The van der Waals surface area contributed by atoms with E-state index in [1.807, 2.05) is 30.5 Å². The fourth-order valence-corrected chi connectivity index (χ4v) is 3.13. The number of para-hydroxylation sites is 1. The summed E-state index contributed by atoms with van der Waals surface area (Å²) in [7, 11) is 1.63. The Hall–Kier alpha value is -2.91. The lowest BCUT2D eigenvalue weighted by Crippen LogP contribution is -2.36. The number of carbonyl (C=O) groups is 2. The number of nitro benzene ring substituents is 1. The van der Waals surface area contributed by atoms with Crippen molar-refractivity contribution in [3.63, 3.8) is 0 Å². The highest BCUT2D eigenvalue weighted by Crippen LogP contribution is 2.25. The minimum absolute atomic E-state index is 0.00608. The van der Waals surface area contributed by atoms with Crippen LogP contribution in [0.4, 0.5) is 17.1 Å². The van der Waals surface area contributed by atoms with Gasteiger partial charge in [0.15, 0.2) is 0 Å². The minimum atomic E-state index is -0.539. The number of thioether (sulfide) groups is 1. The van der Waals surface area contributed by atoms with Gasteiger partial charge in [-0.05, 0) is 44.0 Å². The van der Waals surface area contributed by atoms with E-state index in [4.69, 9.17) is 0 Å². The van der Waals surface area contributed by atoms with E-state index in [1.165, 1.54) is 28.8 Å². The molecule has 148 valence electrons. The molecule has 0 radical (unpaired) electrons. The highest BCUT2D eigenvalue weighted by molar-refractivity contribution is 7.98. The Morgan fingerprint density at radius 3 is 2.29 bits per heavy atom. The van der Waals surface area contributed by atoms with Crippen LogP contribution < -0.4 is 10.6 Å². The van der Waals surface area contributed by atoms with Gasteiger partial charge in [0.05, 0.1) is 23.7 Å². The number of benzene rings is 2. The molecule has 0 aromatic heterocycles. The molecule has 8 nitrogen and oxygen atoms in total. The Morgan fingerprint density at radius 1 is 1.07 bits per heavy atom. The highest BCUT2D eigenvalue weighted by Gasteiger charge is 2.17. The van der Waals surface area contributed by atoms with Crippen molar-refractivity contribution in [2.24, 2.45) is 0 Å². The minimum Gasteiger partial charge on any atom is -0.324 e. The lowest BCUT2D eigenvalue weighted by atomic mass is 10.2. The summed E-state index contributed by atoms with van der Waals surface area (Å²) in [4.78, 5) is 37.5. The van der Waals surface area contributed by atoms with Gasteiger partial charge in [0.2, 0.25) is 11.8 Å². The maximum atomic E-state index is 12.2. The van der Waals surface area contributed by atoms with Gasteiger partial charge in [-0.3, -0.25) is 24.6 Å². The van der Waals surface area contributed by atoms with Gasteiger partial charge >= 0.3 is 0 Å². The first-order chi connectivity index (χ1) is 13.3. The van der Waals surface area contributed by atoms with Crippen molar-refractivity contribution in [1.82, 2.24) is 4.90 Å². The van der Waals surface area contributed by atoms with E-state index in [-0.39, 0.29) is 30.4 Å². The van der Waals surface area contributed by atoms with E-state index < -0.39 is 10.8 Å². The molecule has 0 saturated carbocycles. The lowest BCUT2D eigenvalue weighted by Gasteiger charge is -2.17. The molecular formula is C19H22N4O4S. The molecule has 0 aliphatic rings. The molecule has 0 unspecified atom stereocenters. The third-order valence-corrected chi connectivity index (χ3v) is 4.63. The summed E-state index contributed by atoms with van der Waals surface area (Å²) < 4.78 is 0. The Bertz CT molecular complexity index is 888. The number of aryl methyl sites for hydroxylation is 1. The van der Waals surface area contributed by atoms with Crippen LogP contribution in [0.5, 0.6) is 0 Å². The second-order valence-corrected chi connectivity index (χ2v) is 7.09. The van der Waals surface area contributed by atoms with Crippen molar-refractivity contribution in [2.75, 3.05) is 37.0 Å². The molecule has 0 spiro atoms. The number of anilines is 2. The predicted molar refractivity (Wildman–Crippen MR) is 111 cm³/mol. The average molecular weight is 402 g/mol. The molecule has 0 fully saturated rings. The number of rotatable bonds is 8. The average Bonchev–Trinajstić information content (AvgIpc) is 2.63. The molecule has 9 heteroatoms. The molecule has 2 aromatic carbocycles. The number of hydrogen-bond acceptors (Lipinski definition) is 6. The smallest absolute Gasteiger partial charge is 0.293 e. The van der Waals surface area contributed by atoms with Crippen molar-refractivity contribution in [2.45, 2.75) is 11.8 Å². The Balaban J connectivity index is 1.92. The summed E-state index contributed by atoms with van der Waals surface area (Å²) in [6.45, 7) is 1.66. The van der Waals surface area contributed by atoms with Crippen LogP contribution in [0.2, 0.25) is 0 Å². The summed E-state index contributed by atoms with van der Waals surface area (Å²) in [5, 5.41) is 16.5. The third-order valence-electron chi connectivity index (χ3n) is 3.83. The molecule has 0 aliphatic carbocycles. The number of nitro groups is 1. The number of carbonyl (C=O) groups excluding carboxylic acids is 2. The summed E-state index contributed by atoms with van der Waals surface area (Å²) in [5.74, 6) is -0.690. The monoisotopic (exact) mass is 402 g/mol. The zero-order valence-electron chi connectivity index (χ0n) is 15.9. The van der Waals surface area contributed by atoms with Crippen molar-refractivity contribution in [3.8, 4) is 0 Å². The van der Waals surface area contributed by atoms with Crippen LogP contribution in [-0.2, 0) is 9.59 Å². The lowest BCUT2D eigenvalue weighted by molar-refractivity contribution is -0.384. The van der Waals surface area contributed by atoms with E-state index in [9.17, 15) is 19.7 Å². The van der Waals surface area contributed by atoms with E-state index in [2.05, 4.69) is 10.6 Å². The fraction of sp³-hybridized carbons (Fsp3) is 0.263. The third kappa shape index (κ3) is 6.07. The number of nitrogens with one attached hydrogen (secondary N) is 2. The van der Waals surface area contributed by atoms with Crippen molar-refractivity contribution >= 4 is 40.6 Å². The van der Waals surface area contributed by atoms with Gasteiger partial charge in [-0.1, -0.05) is 18.2 Å². The van der Waals surface area contributed by atoms with Gasteiger partial charge in [0.1, 0.15) is 5.69 Å². The molecule has 2 aromatic rings. The number of amides is 2. The van der Waals surface area contributed by atoms with Crippen LogP contribution in [0.3, 0.4) is 0 Å². The van der Waals surface area contributed by atoms with Gasteiger partial charge < -0.3 is 10.6 Å². The maximum Gasteiger partial charge on any atom is 0.293 e. The molecule has 0 atom stereocenters. The van der Waals surface area contributed by atoms with Gasteiger partial charge in [-0.15, -0.1) is 11.8 Å². The van der Waals surface area contributed by atoms with E-state index in [1.54, 1.807) is 20.0 Å². The number of nitrogens with zero attached hydrogens (tertiary/aromatic N) is 2. The van der Waals surface area contributed by atoms with Crippen molar-refractivity contribution in [1.29, 1.82) is 0 Å². The van der Waals surface area contributed by atoms with Crippen molar-refractivity contribution in [3.05, 3.63) is 58.1 Å². The molecule has 0 bridgehead atoms.